The van der Waals surface area contributed by atoms with E-state index in [1.165, 1.54) is 16.7 Å². The lowest BCUT2D eigenvalue weighted by Gasteiger charge is -2.20. The van der Waals surface area contributed by atoms with Gasteiger partial charge >= 0.3 is 0 Å². The number of aryl methyl sites for hydroxylation is 2. The number of hydrogen-bond donors (Lipinski definition) is 0. The summed E-state index contributed by atoms with van der Waals surface area (Å²) in [5, 5.41) is 0. The number of carbonyl (C=O) groups is 1. The van der Waals surface area contributed by atoms with E-state index in [9.17, 15) is 4.79 Å². The minimum absolute atomic E-state index is 0.0417. The molecule has 5 rings (SSSR count). The third-order valence-corrected chi connectivity index (χ3v) is 7.20. The molecule has 1 unspecified atom stereocenters. The Morgan fingerprint density at radius 1 is 1.06 bits per heavy atom. The zero-order chi connectivity index (χ0) is 25.2. The van der Waals surface area contributed by atoms with Crippen LogP contribution >= 0.6 is 0 Å². The Morgan fingerprint density at radius 3 is 2.64 bits per heavy atom. The molecule has 0 radical (unpaired) electrons. The number of hydrogen-bond acceptors (Lipinski definition) is 3. The summed E-state index contributed by atoms with van der Waals surface area (Å²) >= 11 is 0. The van der Waals surface area contributed by atoms with Crippen molar-refractivity contribution in [2.45, 2.75) is 58.9 Å². The van der Waals surface area contributed by atoms with Crippen LogP contribution in [0.2, 0.25) is 0 Å². The van der Waals surface area contributed by atoms with Crippen molar-refractivity contribution in [2.24, 2.45) is 0 Å². The van der Waals surface area contributed by atoms with E-state index < -0.39 is 0 Å². The summed E-state index contributed by atoms with van der Waals surface area (Å²) in [6.45, 7) is 10.5. The molecular formula is C31H35N3O2. The molecule has 1 aliphatic rings. The predicted octanol–water partition coefficient (Wildman–Crippen LogP) is 6.63. The molecular weight excluding hydrogens is 446 g/mol. The van der Waals surface area contributed by atoms with Crippen LogP contribution < -0.4 is 9.64 Å². The van der Waals surface area contributed by atoms with Gasteiger partial charge in [-0.25, -0.2) is 4.98 Å². The number of para-hydroxylation sites is 3. The van der Waals surface area contributed by atoms with Crippen molar-refractivity contribution in [1.29, 1.82) is 0 Å². The normalized spacial score (nSPS) is 15.9. The number of nitrogens with zero attached hydrogens (tertiary/aromatic N) is 3. The molecule has 0 saturated carbocycles. The van der Waals surface area contributed by atoms with E-state index in [4.69, 9.17) is 9.72 Å². The Hall–Kier alpha value is -3.60. The Morgan fingerprint density at radius 2 is 1.83 bits per heavy atom. The van der Waals surface area contributed by atoms with Gasteiger partial charge in [-0.2, -0.15) is 0 Å². The van der Waals surface area contributed by atoms with E-state index in [-0.39, 0.29) is 11.8 Å². The van der Waals surface area contributed by atoms with Crippen LogP contribution in [0.15, 0.2) is 66.7 Å². The van der Waals surface area contributed by atoms with E-state index in [1.807, 2.05) is 29.2 Å². The van der Waals surface area contributed by atoms with E-state index in [0.717, 1.165) is 34.7 Å². The smallest absolute Gasteiger partial charge is 0.227 e. The van der Waals surface area contributed by atoms with Gasteiger partial charge in [-0.05, 0) is 60.2 Å². The molecule has 1 fully saturated rings. The number of carbonyl (C=O) groups excluding carboxylic acids is 1. The van der Waals surface area contributed by atoms with Gasteiger partial charge in [0.25, 0.3) is 0 Å². The second-order valence-electron chi connectivity index (χ2n) is 10.0. The maximum Gasteiger partial charge on any atom is 0.227 e. The molecule has 1 amide bonds. The standard InChI is InChI=1S/C31H35N3O2/c1-5-23-10-6-8-12-27(23)34-20-24(19-30(34)35)31-32-26-11-7-9-13-28(26)33(31)16-17-36-29-18-22(4)14-15-25(29)21(2)3/h6-15,18,21,24H,5,16-17,19-20H2,1-4H3. The highest BCUT2D eigenvalue weighted by molar-refractivity contribution is 5.97. The van der Waals surface area contributed by atoms with Crippen LogP contribution in [0, 0.1) is 6.92 Å². The van der Waals surface area contributed by atoms with Crippen molar-refractivity contribution in [1.82, 2.24) is 9.55 Å². The summed E-state index contributed by atoms with van der Waals surface area (Å²) < 4.78 is 8.59. The predicted molar refractivity (Wildman–Crippen MR) is 146 cm³/mol. The summed E-state index contributed by atoms with van der Waals surface area (Å²) in [5.74, 6) is 2.52. The maximum atomic E-state index is 13.1. The molecule has 2 heterocycles. The van der Waals surface area contributed by atoms with Crippen molar-refractivity contribution < 1.29 is 9.53 Å². The first kappa shape index (κ1) is 24.1. The van der Waals surface area contributed by atoms with Gasteiger partial charge in [0.05, 0.1) is 17.6 Å². The fourth-order valence-electron chi connectivity index (χ4n) is 5.32. The molecule has 1 saturated heterocycles. The fraction of sp³-hybridized carbons (Fsp3) is 0.355. The number of aromatic nitrogens is 2. The average molecular weight is 482 g/mol. The largest absolute Gasteiger partial charge is 0.491 e. The third kappa shape index (κ3) is 4.62. The van der Waals surface area contributed by atoms with Gasteiger partial charge in [-0.15, -0.1) is 0 Å². The summed E-state index contributed by atoms with van der Waals surface area (Å²) in [6, 6.07) is 22.9. The van der Waals surface area contributed by atoms with Crippen LogP contribution in [-0.2, 0) is 17.8 Å². The number of fused-ring (bicyclic) bond motifs is 1. The van der Waals surface area contributed by atoms with Crippen molar-refractivity contribution in [3.8, 4) is 5.75 Å². The van der Waals surface area contributed by atoms with E-state index in [0.29, 0.717) is 32.0 Å². The zero-order valence-corrected chi connectivity index (χ0v) is 21.7. The molecule has 0 N–H and O–H groups in total. The Labute approximate surface area is 213 Å². The maximum absolute atomic E-state index is 13.1. The van der Waals surface area contributed by atoms with Crippen LogP contribution in [0.4, 0.5) is 5.69 Å². The van der Waals surface area contributed by atoms with Gasteiger partial charge in [0.15, 0.2) is 0 Å². The summed E-state index contributed by atoms with van der Waals surface area (Å²) in [4.78, 5) is 20.1. The van der Waals surface area contributed by atoms with Crippen molar-refractivity contribution in [2.75, 3.05) is 18.1 Å². The van der Waals surface area contributed by atoms with Crippen LogP contribution in [0.1, 0.15) is 61.5 Å². The lowest BCUT2D eigenvalue weighted by Crippen LogP contribution is -2.25. The average Bonchev–Trinajstić information content (AvgIpc) is 3.44. The molecule has 0 bridgehead atoms. The summed E-state index contributed by atoms with van der Waals surface area (Å²) in [5.41, 5.74) is 6.70. The van der Waals surface area contributed by atoms with Crippen LogP contribution in [0.3, 0.4) is 0 Å². The number of rotatable bonds is 8. The van der Waals surface area contributed by atoms with E-state index >= 15 is 0 Å². The minimum atomic E-state index is 0.0417. The summed E-state index contributed by atoms with van der Waals surface area (Å²) in [7, 11) is 0. The van der Waals surface area contributed by atoms with Crippen molar-refractivity contribution in [3.05, 3.63) is 89.2 Å². The molecule has 5 heteroatoms. The lowest BCUT2D eigenvalue weighted by atomic mass is 10.0. The minimum Gasteiger partial charge on any atom is -0.491 e. The van der Waals surface area contributed by atoms with Gasteiger partial charge in [0.1, 0.15) is 18.2 Å². The first-order valence-corrected chi connectivity index (χ1v) is 13.0. The Balaban J connectivity index is 1.42. The molecule has 5 nitrogen and oxygen atoms in total. The van der Waals surface area contributed by atoms with Gasteiger partial charge in [0, 0.05) is 24.6 Å². The Bertz CT molecular complexity index is 1390. The number of anilines is 1. The first-order chi connectivity index (χ1) is 17.5. The van der Waals surface area contributed by atoms with Gasteiger partial charge < -0.3 is 14.2 Å². The lowest BCUT2D eigenvalue weighted by molar-refractivity contribution is -0.117. The number of imidazole rings is 1. The second kappa shape index (κ2) is 10.2. The van der Waals surface area contributed by atoms with Crippen LogP contribution in [-0.4, -0.2) is 28.6 Å². The third-order valence-electron chi connectivity index (χ3n) is 7.20. The molecule has 3 aromatic carbocycles. The topological polar surface area (TPSA) is 47.4 Å². The molecule has 1 aliphatic heterocycles. The van der Waals surface area contributed by atoms with Gasteiger partial charge in [0.2, 0.25) is 5.91 Å². The highest BCUT2D eigenvalue weighted by Gasteiger charge is 2.35. The molecule has 4 aromatic rings. The molecule has 1 atom stereocenters. The summed E-state index contributed by atoms with van der Waals surface area (Å²) in [6.07, 6.45) is 1.37. The first-order valence-electron chi connectivity index (χ1n) is 13.0. The van der Waals surface area contributed by atoms with Gasteiger partial charge in [-0.3, -0.25) is 4.79 Å². The quantitative estimate of drug-likeness (QED) is 0.284. The van der Waals surface area contributed by atoms with Crippen LogP contribution in [0.5, 0.6) is 5.75 Å². The number of benzene rings is 3. The van der Waals surface area contributed by atoms with Crippen molar-refractivity contribution in [3.63, 3.8) is 0 Å². The van der Waals surface area contributed by atoms with Crippen LogP contribution in [0.25, 0.3) is 11.0 Å². The van der Waals surface area contributed by atoms with E-state index in [2.05, 4.69) is 74.7 Å². The Kier molecular flexibility index (Phi) is 6.82. The molecule has 36 heavy (non-hydrogen) atoms. The second-order valence-corrected chi connectivity index (χ2v) is 10.0. The van der Waals surface area contributed by atoms with E-state index in [1.54, 1.807) is 0 Å². The SMILES string of the molecule is CCc1ccccc1N1CC(c2nc3ccccc3n2CCOc2cc(C)ccc2C(C)C)CC1=O. The molecule has 186 valence electrons. The molecule has 0 spiro atoms. The fourth-order valence-corrected chi connectivity index (χ4v) is 5.32. The number of ether oxygens (including phenoxy) is 1. The zero-order valence-electron chi connectivity index (χ0n) is 21.7. The van der Waals surface area contributed by atoms with Crippen molar-refractivity contribution >= 4 is 22.6 Å². The van der Waals surface area contributed by atoms with Gasteiger partial charge in [-0.1, -0.05) is 63.2 Å². The molecule has 1 aromatic heterocycles. The molecule has 0 aliphatic carbocycles. The number of amides is 1. The monoisotopic (exact) mass is 481 g/mol. The highest BCUT2D eigenvalue weighted by atomic mass is 16.5. The highest BCUT2D eigenvalue weighted by Crippen LogP contribution is 2.35.